The normalized spacial score (nSPS) is 15.1. The van der Waals surface area contributed by atoms with Crippen molar-refractivity contribution in [3.8, 4) is 0 Å². The van der Waals surface area contributed by atoms with Gasteiger partial charge in [0.15, 0.2) is 12.2 Å². The Labute approximate surface area is 511 Å². The van der Waals surface area contributed by atoms with Crippen LogP contribution < -0.4 is 0 Å². The molecule has 498 valence electrons. The molecule has 0 rings (SSSR count). The minimum Gasteiger partial charge on any atom is -0.462 e. The molecule has 0 spiro atoms. The number of aliphatic hydroxyl groups is 1. The summed E-state index contributed by atoms with van der Waals surface area (Å²) in [6, 6.07) is 0. The van der Waals surface area contributed by atoms with E-state index in [1.165, 1.54) is 103 Å². The number of phosphoric acid groups is 2. The van der Waals surface area contributed by atoms with Crippen molar-refractivity contribution in [1.82, 2.24) is 0 Å². The number of carbonyl (C=O) groups excluding carboxylic acids is 4. The fraction of sp³-hybridized carbons (Fsp3) is 0.938. The van der Waals surface area contributed by atoms with E-state index in [9.17, 15) is 43.2 Å². The molecule has 0 aliphatic heterocycles. The molecule has 0 aliphatic carbocycles. The first kappa shape index (κ1) is 82.1. The van der Waals surface area contributed by atoms with Gasteiger partial charge >= 0.3 is 39.5 Å². The molecule has 0 aromatic heterocycles. The van der Waals surface area contributed by atoms with E-state index in [2.05, 4.69) is 55.4 Å². The van der Waals surface area contributed by atoms with Crippen molar-refractivity contribution in [2.45, 2.75) is 331 Å². The maximum absolute atomic E-state index is 13.0. The van der Waals surface area contributed by atoms with E-state index in [0.29, 0.717) is 37.5 Å². The van der Waals surface area contributed by atoms with E-state index < -0.39 is 97.5 Å². The lowest BCUT2D eigenvalue weighted by atomic mass is 9.99. The highest BCUT2D eigenvalue weighted by molar-refractivity contribution is 7.47. The number of phosphoric ester groups is 2. The Bertz CT molecular complexity index is 1680. The molecule has 0 amide bonds. The van der Waals surface area contributed by atoms with Crippen LogP contribution in [0.3, 0.4) is 0 Å². The van der Waals surface area contributed by atoms with E-state index >= 15 is 0 Å². The highest BCUT2D eigenvalue weighted by Gasteiger charge is 2.30. The number of ether oxygens (including phenoxy) is 4. The molecule has 17 nitrogen and oxygen atoms in total. The van der Waals surface area contributed by atoms with Gasteiger partial charge in [-0.25, -0.2) is 9.13 Å². The maximum atomic E-state index is 13.0. The molecule has 0 aliphatic rings. The smallest absolute Gasteiger partial charge is 0.462 e. The third-order valence-corrected chi connectivity index (χ3v) is 17.4. The maximum Gasteiger partial charge on any atom is 0.472 e. The van der Waals surface area contributed by atoms with Crippen LogP contribution in [0.25, 0.3) is 0 Å². The Balaban J connectivity index is 5.25. The minimum absolute atomic E-state index is 0.103. The summed E-state index contributed by atoms with van der Waals surface area (Å²) in [4.78, 5) is 72.2. The van der Waals surface area contributed by atoms with Gasteiger partial charge in [-0.15, -0.1) is 0 Å². The lowest BCUT2D eigenvalue weighted by Gasteiger charge is -2.21. The number of hydrogen-bond acceptors (Lipinski definition) is 15. The molecule has 0 fully saturated rings. The van der Waals surface area contributed by atoms with Gasteiger partial charge in [0.1, 0.15) is 19.3 Å². The minimum atomic E-state index is -4.95. The number of carbonyl (C=O) groups is 4. The predicted molar refractivity (Wildman–Crippen MR) is 335 cm³/mol. The van der Waals surface area contributed by atoms with Gasteiger partial charge in [0, 0.05) is 25.7 Å². The third kappa shape index (κ3) is 56.6. The molecule has 0 bridgehead atoms. The Morgan fingerprint density at radius 1 is 0.333 bits per heavy atom. The lowest BCUT2D eigenvalue weighted by Crippen LogP contribution is -2.30. The summed E-state index contributed by atoms with van der Waals surface area (Å²) in [6.07, 6.45) is 35.0. The topological polar surface area (TPSA) is 237 Å². The summed E-state index contributed by atoms with van der Waals surface area (Å²) in [6.45, 7) is 14.0. The van der Waals surface area contributed by atoms with Gasteiger partial charge in [-0.1, -0.05) is 261 Å². The lowest BCUT2D eigenvalue weighted by molar-refractivity contribution is -0.161. The second-order valence-electron chi connectivity index (χ2n) is 24.9. The van der Waals surface area contributed by atoms with Crippen LogP contribution in [0.1, 0.15) is 312 Å². The number of rotatable bonds is 62. The van der Waals surface area contributed by atoms with E-state index in [4.69, 9.17) is 37.0 Å². The van der Waals surface area contributed by atoms with Gasteiger partial charge in [0.05, 0.1) is 26.4 Å². The molecule has 19 heteroatoms. The van der Waals surface area contributed by atoms with Crippen molar-refractivity contribution < 1.29 is 80.2 Å². The van der Waals surface area contributed by atoms with Gasteiger partial charge < -0.3 is 33.8 Å². The van der Waals surface area contributed by atoms with Crippen LogP contribution in [-0.2, 0) is 65.4 Å². The number of unbranched alkanes of at least 4 members (excludes halogenated alkanes) is 26. The van der Waals surface area contributed by atoms with Crippen LogP contribution in [-0.4, -0.2) is 96.7 Å². The standard InChI is InChI=1S/C65H126O17P2/c1-9-57(7)43-35-27-17-13-11-12-14-19-31-39-47-64(69)81-60(51-75-62(67)45-37-29-23-21-25-33-41-55(3)4)53-79-83(71,72)77-49-59(66)50-78-84(73,74)80-54-61(52-76-63(68)46-38-30-24-22-26-34-42-56(5)6)82-65(70)48-40-32-20-16-15-18-28-36-44-58(8)10-2/h55-61,66H,9-54H2,1-8H3,(H,71,72)(H,73,74)/t57?,58?,59-,60+,61+/m0/s1. The Morgan fingerprint density at radius 2 is 0.571 bits per heavy atom. The molecule has 0 aromatic rings. The van der Waals surface area contributed by atoms with Gasteiger partial charge in [-0.2, -0.15) is 0 Å². The van der Waals surface area contributed by atoms with Gasteiger partial charge in [-0.05, 0) is 49.4 Å². The molecule has 0 saturated heterocycles. The molecule has 7 atom stereocenters. The van der Waals surface area contributed by atoms with E-state index in [0.717, 1.165) is 115 Å². The van der Waals surface area contributed by atoms with Crippen molar-refractivity contribution in [1.29, 1.82) is 0 Å². The van der Waals surface area contributed by atoms with Crippen molar-refractivity contribution >= 4 is 39.5 Å². The zero-order chi connectivity index (χ0) is 62.5. The molecule has 0 heterocycles. The molecule has 0 radical (unpaired) electrons. The average Bonchev–Trinajstić information content (AvgIpc) is 3.45. The van der Waals surface area contributed by atoms with Crippen molar-refractivity contribution in [2.75, 3.05) is 39.6 Å². The average molecular weight is 1240 g/mol. The SMILES string of the molecule is CCC(C)CCCCCCCCCCCCC(=O)O[C@H](COC(=O)CCCCCCCCC(C)C)COP(=O)(O)OC[C@H](O)COP(=O)(O)OC[C@@H](COC(=O)CCCCCCCCC(C)C)OC(=O)CCCCCCCCCCC(C)CC. The zero-order valence-electron chi connectivity index (χ0n) is 54.5. The first-order chi connectivity index (χ1) is 40.2. The molecule has 4 unspecified atom stereocenters. The van der Waals surface area contributed by atoms with Crippen LogP contribution in [0.2, 0.25) is 0 Å². The van der Waals surface area contributed by atoms with E-state index in [-0.39, 0.29) is 25.7 Å². The van der Waals surface area contributed by atoms with Crippen molar-refractivity contribution in [3.63, 3.8) is 0 Å². The summed E-state index contributed by atoms with van der Waals surface area (Å²) in [5, 5.41) is 10.5. The van der Waals surface area contributed by atoms with Gasteiger partial charge in [-0.3, -0.25) is 37.3 Å². The quantitative estimate of drug-likeness (QED) is 0.0222. The Kier molecular flexibility index (Phi) is 53.9. The Morgan fingerprint density at radius 3 is 0.845 bits per heavy atom. The first-order valence-electron chi connectivity index (χ1n) is 33.8. The summed E-state index contributed by atoms with van der Waals surface area (Å²) in [7, 11) is -9.89. The zero-order valence-corrected chi connectivity index (χ0v) is 56.3. The number of aliphatic hydroxyl groups excluding tert-OH is 1. The molecular weight excluding hydrogens is 1110 g/mol. The van der Waals surface area contributed by atoms with E-state index in [1.807, 2.05) is 0 Å². The third-order valence-electron chi connectivity index (χ3n) is 15.5. The van der Waals surface area contributed by atoms with Gasteiger partial charge in [0.25, 0.3) is 0 Å². The van der Waals surface area contributed by atoms with Crippen LogP contribution in [0.15, 0.2) is 0 Å². The predicted octanol–water partition coefficient (Wildman–Crippen LogP) is 17.8. The second-order valence-corrected chi connectivity index (χ2v) is 27.8. The highest BCUT2D eigenvalue weighted by Crippen LogP contribution is 2.45. The molecule has 84 heavy (non-hydrogen) atoms. The number of hydrogen-bond donors (Lipinski definition) is 3. The van der Waals surface area contributed by atoms with Crippen LogP contribution in [0.5, 0.6) is 0 Å². The van der Waals surface area contributed by atoms with Crippen LogP contribution >= 0.6 is 15.6 Å². The summed E-state index contributed by atoms with van der Waals surface area (Å²) in [5.74, 6) is 0.790. The molecule has 0 saturated carbocycles. The van der Waals surface area contributed by atoms with Crippen molar-refractivity contribution in [3.05, 3.63) is 0 Å². The molecular formula is C65H126O17P2. The number of esters is 4. The van der Waals surface area contributed by atoms with Gasteiger partial charge in [0.2, 0.25) is 0 Å². The Hall–Kier alpha value is -1.94. The van der Waals surface area contributed by atoms with Crippen molar-refractivity contribution in [2.24, 2.45) is 23.7 Å². The second kappa shape index (κ2) is 55.2. The fourth-order valence-electron chi connectivity index (χ4n) is 9.54. The van der Waals surface area contributed by atoms with E-state index in [1.54, 1.807) is 0 Å². The highest BCUT2D eigenvalue weighted by atomic mass is 31.2. The van der Waals surface area contributed by atoms with Crippen LogP contribution in [0.4, 0.5) is 0 Å². The largest absolute Gasteiger partial charge is 0.472 e. The first-order valence-corrected chi connectivity index (χ1v) is 36.8. The fourth-order valence-corrected chi connectivity index (χ4v) is 11.1. The summed E-state index contributed by atoms with van der Waals surface area (Å²) >= 11 is 0. The monoisotopic (exact) mass is 1240 g/mol. The molecule has 0 aromatic carbocycles. The summed E-state index contributed by atoms with van der Waals surface area (Å²) in [5.41, 5.74) is 0. The molecule has 3 N–H and O–H groups in total. The summed E-state index contributed by atoms with van der Waals surface area (Å²) < 4.78 is 68.0. The van der Waals surface area contributed by atoms with Crippen LogP contribution in [0, 0.1) is 23.7 Å².